The van der Waals surface area contributed by atoms with E-state index in [-0.39, 0.29) is 0 Å². The number of nitrogens with two attached hydrogens (primary N) is 1. The van der Waals surface area contributed by atoms with E-state index in [4.69, 9.17) is 5.73 Å². The molecule has 0 unspecified atom stereocenters. The smallest absolute Gasteiger partial charge is 0.183 e. The van der Waals surface area contributed by atoms with Crippen molar-refractivity contribution < 1.29 is 0 Å². The van der Waals surface area contributed by atoms with Crippen LogP contribution in [0, 0.1) is 0 Å². The summed E-state index contributed by atoms with van der Waals surface area (Å²) in [7, 11) is 0. The minimum atomic E-state index is 0.690. The molecule has 18 heavy (non-hydrogen) atoms. The first-order valence-corrected chi connectivity index (χ1v) is 6.84. The first-order valence-electron chi connectivity index (χ1n) is 6.04. The summed E-state index contributed by atoms with van der Waals surface area (Å²) in [4.78, 5) is 0. The monoisotopic (exact) mass is 309 g/mol. The van der Waals surface area contributed by atoms with Gasteiger partial charge in [-0.25, -0.2) is 4.68 Å². The number of rotatable bonds is 5. The standard InChI is InChI=1S/C12H16BrN5/c1-2-3-4-8-18-12(15-16-17-18)9-6-5-7-10(14)11(9)13/h5-7H,2-4,8,14H2,1H3. The van der Waals surface area contributed by atoms with Crippen LogP contribution >= 0.6 is 15.9 Å². The van der Waals surface area contributed by atoms with Gasteiger partial charge in [-0.05, 0) is 44.9 Å². The van der Waals surface area contributed by atoms with E-state index < -0.39 is 0 Å². The fraction of sp³-hybridized carbons (Fsp3) is 0.417. The van der Waals surface area contributed by atoms with Crippen LogP contribution in [-0.4, -0.2) is 20.2 Å². The maximum absolute atomic E-state index is 5.87. The van der Waals surface area contributed by atoms with Gasteiger partial charge >= 0.3 is 0 Å². The second-order valence-electron chi connectivity index (χ2n) is 4.14. The number of aromatic nitrogens is 4. The Morgan fingerprint density at radius 1 is 1.33 bits per heavy atom. The van der Waals surface area contributed by atoms with Crippen LogP contribution in [0.15, 0.2) is 22.7 Å². The summed E-state index contributed by atoms with van der Waals surface area (Å²) < 4.78 is 2.67. The van der Waals surface area contributed by atoms with Crippen LogP contribution in [0.4, 0.5) is 5.69 Å². The molecular formula is C12H16BrN5. The molecule has 1 aromatic heterocycles. The van der Waals surface area contributed by atoms with Gasteiger partial charge in [0.15, 0.2) is 5.82 Å². The Hall–Kier alpha value is -1.43. The topological polar surface area (TPSA) is 69.6 Å². The Balaban J connectivity index is 2.28. The largest absolute Gasteiger partial charge is 0.398 e. The van der Waals surface area contributed by atoms with Crippen LogP contribution < -0.4 is 5.73 Å². The minimum absolute atomic E-state index is 0.690. The van der Waals surface area contributed by atoms with Gasteiger partial charge in [-0.1, -0.05) is 25.8 Å². The molecule has 0 saturated heterocycles. The van der Waals surface area contributed by atoms with Crippen LogP contribution in [-0.2, 0) is 6.54 Å². The molecule has 2 rings (SSSR count). The van der Waals surface area contributed by atoms with Gasteiger partial charge in [0.2, 0.25) is 0 Å². The number of tetrazole rings is 1. The normalized spacial score (nSPS) is 10.8. The number of unbranched alkanes of at least 4 members (excludes halogenated alkanes) is 2. The zero-order valence-corrected chi connectivity index (χ0v) is 11.9. The summed E-state index contributed by atoms with van der Waals surface area (Å²) in [6.07, 6.45) is 3.44. The van der Waals surface area contributed by atoms with Gasteiger partial charge in [-0.15, -0.1) is 5.10 Å². The quantitative estimate of drug-likeness (QED) is 0.681. The molecule has 2 N–H and O–H groups in total. The fourth-order valence-corrected chi connectivity index (χ4v) is 2.22. The molecular weight excluding hydrogens is 294 g/mol. The Labute approximate surface area is 115 Å². The molecule has 0 fully saturated rings. The summed E-state index contributed by atoms with van der Waals surface area (Å²) in [5.41, 5.74) is 7.49. The van der Waals surface area contributed by atoms with Crippen molar-refractivity contribution in [3.63, 3.8) is 0 Å². The summed E-state index contributed by atoms with van der Waals surface area (Å²) in [6, 6.07) is 5.71. The molecule has 0 aliphatic carbocycles. The lowest BCUT2D eigenvalue weighted by Gasteiger charge is -2.07. The van der Waals surface area contributed by atoms with Crippen molar-refractivity contribution in [2.75, 3.05) is 5.73 Å². The van der Waals surface area contributed by atoms with E-state index in [0.29, 0.717) is 5.69 Å². The Morgan fingerprint density at radius 2 is 2.17 bits per heavy atom. The maximum Gasteiger partial charge on any atom is 0.183 e. The van der Waals surface area contributed by atoms with Crippen molar-refractivity contribution in [3.05, 3.63) is 22.7 Å². The lowest BCUT2D eigenvalue weighted by atomic mass is 10.2. The van der Waals surface area contributed by atoms with Gasteiger partial charge in [0.1, 0.15) is 0 Å². The minimum Gasteiger partial charge on any atom is -0.398 e. The van der Waals surface area contributed by atoms with Crippen LogP contribution in [0.2, 0.25) is 0 Å². The van der Waals surface area contributed by atoms with Gasteiger partial charge in [0.25, 0.3) is 0 Å². The van der Waals surface area contributed by atoms with Crippen molar-refractivity contribution in [1.82, 2.24) is 20.2 Å². The van der Waals surface area contributed by atoms with E-state index in [1.165, 1.54) is 12.8 Å². The summed E-state index contributed by atoms with van der Waals surface area (Å²) >= 11 is 3.48. The van der Waals surface area contributed by atoms with Crippen LogP contribution in [0.5, 0.6) is 0 Å². The Kier molecular flexibility index (Phi) is 4.30. The third kappa shape index (κ3) is 2.69. The van der Waals surface area contributed by atoms with E-state index in [1.54, 1.807) is 0 Å². The van der Waals surface area contributed by atoms with Gasteiger partial charge in [0.05, 0.1) is 4.47 Å². The zero-order valence-electron chi connectivity index (χ0n) is 10.3. The molecule has 0 atom stereocenters. The number of nitrogen functional groups attached to an aromatic ring is 1. The molecule has 1 aromatic carbocycles. The average Bonchev–Trinajstić information content (AvgIpc) is 2.81. The summed E-state index contributed by atoms with van der Waals surface area (Å²) in [6.45, 7) is 3.01. The number of aryl methyl sites for hydroxylation is 1. The lowest BCUT2D eigenvalue weighted by Crippen LogP contribution is -2.04. The number of nitrogens with zero attached hydrogens (tertiary/aromatic N) is 4. The summed E-state index contributed by atoms with van der Waals surface area (Å²) in [5, 5.41) is 11.9. The van der Waals surface area contributed by atoms with E-state index in [9.17, 15) is 0 Å². The van der Waals surface area contributed by atoms with Crippen molar-refractivity contribution in [3.8, 4) is 11.4 Å². The van der Waals surface area contributed by atoms with E-state index >= 15 is 0 Å². The molecule has 0 aliphatic heterocycles. The first-order chi connectivity index (χ1) is 8.74. The number of halogens is 1. The summed E-state index contributed by atoms with van der Waals surface area (Å²) in [5.74, 6) is 0.755. The van der Waals surface area contributed by atoms with E-state index in [1.807, 2.05) is 22.9 Å². The molecule has 96 valence electrons. The Bertz CT molecular complexity index is 523. The van der Waals surface area contributed by atoms with Crippen LogP contribution in [0.3, 0.4) is 0 Å². The molecule has 0 spiro atoms. The van der Waals surface area contributed by atoms with Gasteiger partial charge in [-0.3, -0.25) is 0 Å². The number of hydrogen-bond donors (Lipinski definition) is 1. The highest BCUT2D eigenvalue weighted by Crippen LogP contribution is 2.30. The lowest BCUT2D eigenvalue weighted by molar-refractivity contribution is 0.541. The zero-order chi connectivity index (χ0) is 13.0. The molecule has 0 amide bonds. The van der Waals surface area contributed by atoms with Crippen LogP contribution in [0.1, 0.15) is 26.2 Å². The molecule has 1 heterocycles. The molecule has 0 bridgehead atoms. The van der Waals surface area contributed by atoms with Crippen molar-refractivity contribution in [1.29, 1.82) is 0 Å². The van der Waals surface area contributed by atoms with Crippen LogP contribution in [0.25, 0.3) is 11.4 Å². The van der Waals surface area contributed by atoms with Gasteiger partial charge in [0, 0.05) is 17.8 Å². The van der Waals surface area contributed by atoms with Gasteiger partial charge < -0.3 is 5.73 Å². The molecule has 6 heteroatoms. The molecule has 5 nitrogen and oxygen atoms in total. The SMILES string of the molecule is CCCCCn1nnnc1-c1cccc(N)c1Br. The maximum atomic E-state index is 5.87. The second-order valence-corrected chi connectivity index (χ2v) is 4.93. The van der Waals surface area contributed by atoms with Crippen molar-refractivity contribution in [2.45, 2.75) is 32.7 Å². The van der Waals surface area contributed by atoms with Gasteiger partial charge in [-0.2, -0.15) is 0 Å². The fourth-order valence-electron chi connectivity index (χ4n) is 1.78. The molecule has 0 saturated carbocycles. The predicted molar refractivity (Wildman–Crippen MR) is 74.9 cm³/mol. The molecule has 0 radical (unpaired) electrons. The second kappa shape index (κ2) is 5.95. The van der Waals surface area contributed by atoms with Crippen molar-refractivity contribution in [2.24, 2.45) is 0 Å². The number of hydrogen-bond acceptors (Lipinski definition) is 4. The average molecular weight is 310 g/mol. The van der Waals surface area contributed by atoms with E-state index in [2.05, 4.69) is 38.4 Å². The Morgan fingerprint density at radius 3 is 2.94 bits per heavy atom. The predicted octanol–water partition coefficient (Wildman–Crippen LogP) is 2.88. The third-order valence-electron chi connectivity index (χ3n) is 2.77. The van der Waals surface area contributed by atoms with E-state index in [0.717, 1.165) is 28.8 Å². The molecule has 2 aromatic rings. The third-order valence-corrected chi connectivity index (χ3v) is 3.66. The highest BCUT2D eigenvalue weighted by atomic mass is 79.9. The molecule has 0 aliphatic rings. The highest BCUT2D eigenvalue weighted by molar-refractivity contribution is 9.10. The number of anilines is 1. The number of benzene rings is 1. The first kappa shape index (κ1) is 13.0. The highest BCUT2D eigenvalue weighted by Gasteiger charge is 2.13. The van der Waals surface area contributed by atoms with Crippen molar-refractivity contribution >= 4 is 21.6 Å².